The number of rotatable bonds is 14. The summed E-state index contributed by atoms with van der Waals surface area (Å²) in [4.78, 5) is 48.5. The van der Waals surface area contributed by atoms with Crippen LogP contribution in [0.5, 0.6) is 0 Å². The molecule has 2 unspecified atom stereocenters. The lowest BCUT2D eigenvalue weighted by Gasteiger charge is -2.16. The van der Waals surface area contributed by atoms with Gasteiger partial charge < -0.3 is 20.9 Å². The highest BCUT2D eigenvalue weighted by Gasteiger charge is 2.36. The van der Waals surface area contributed by atoms with Crippen LogP contribution in [0.25, 0.3) is 0 Å². The number of hydrogen-bond acceptors (Lipinski definition) is 9. The standard InChI is InChI=1S/C32H29N4O9P/c33-27(37)23-11-15-25(16-12-23)29(35-31(39)42-19-21-7-3-1-4-8-21)44-46(41)45-30(26-17-13-24(14-18-26)28(34)38)36-32(40)43-20-22-9-5-2-6-10-22/h1-18,29-30H,19-20H2,(H5-,33,34,35,36,37,38,39,40)/p+1. The fourth-order valence-corrected chi connectivity index (χ4v) is 4.67. The van der Waals surface area contributed by atoms with Crippen LogP contribution in [-0.4, -0.2) is 24.0 Å². The number of carbonyl (C=O) groups is 4. The molecule has 46 heavy (non-hydrogen) atoms. The monoisotopic (exact) mass is 645 g/mol. The van der Waals surface area contributed by atoms with Gasteiger partial charge in [0.2, 0.25) is 24.3 Å². The predicted molar refractivity (Wildman–Crippen MR) is 165 cm³/mol. The second-order valence-electron chi connectivity index (χ2n) is 9.58. The zero-order valence-electron chi connectivity index (χ0n) is 24.2. The molecule has 13 nitrogen and oxygen atoms in total. The molecule has 4 aromatic rings. The summed E-state index contributed by atoms with van der Waals surface area (Å²) in [7, 11) is -3.09. The van der Waals surface area contributed by atoms with Crippen LogP contribution < -0.4 is 22.1 Å². The summed E-state index contributed by atoms with van der Waals surface area (Å²) in [5.41, 5.74) is 13.0. The number of ether oxygens (including phenoxy) is 2. The molecule has 2 atom stereocenters. The van der Waals surface area contributed by atoms with Gasteiger partial charge in [0.1, 0.15) is 13.2 Å². The summed E-state index contributed by atoms with van der Waals surface area (Å²) in [5, 5.41) is 4.94. The van der Waals surface area contributed by atoms with Gasteiger partial charge in [-0.2, -0.15) is 0 Å². The van der Waals surface area contributed by atoms with Gasteiger partial charge >= 0.3 is 20.4 Å². The maximum atomic E-state index is 13.3. The zero-order chi connectivity index (χ0) is 32.9. The summed E-state index contributed by atoms with van der Waals surface area (Å²) < 4.78 is 34.9. The first-order valence-electron chi connectivity index (χ1n) is 13.7. The number of nitrogens with two attached hydrogens (primary N) is 2. The Labute approximate surface area is 264 Å². The lowest BCUT2D eigenvalue weighted by atomic mass is 10.1. The molecular formula is C32H30N4O9P+. The molecular weight excluding hydrogens is 615 g/mol. The van der Waals surface area contributed by atoms with Gasteiger partial charge in [-0.05, 0) is 35.4 Å². The first-order chi connectivity index (χ1) is 22.2. The fraction of sp³-hybridized carbons (Fsp3) is 0.125. The summed E-state index contributed by atoms with van der Waals surface area (Å²) >= 11 is 0. The van der Waals surface area contributed by atoms with Gasteiger partial charge in [0.25, 0.3) is 0 Å². The maximum Gasteiger partial charge on any atom is 0.702 e. The SMILES string of the molecule is NC(=O)c1ccc(C(NC(=O)OCc2ccccc2)O[P+](=O)OC(NC(=O)OCc2ccccc2)c2ccc(C(N)=O)cc2)cc1. The third-order valence-corrected chi connectivity index (χ3v) is 7.07. The van der Waals surface area contributed by atoms with E-state index >= 15 is 0 Å². The van der Waals surface area contributed by atoms with Gasteiger partial charge in [0.05, 0.1) is 0 Å². The van der Waals surface area contributed by atoms with Crippen LogP contribution in [0.3, 0.4) is 0 Å². The van der Waals surface area contributed by atoms with Crippen molar-refractivity contribution in [1.82, 2.24) is 10.6 Å². The van der Waals surface area contributed by atoms with Gasteiger partial charge in [-0.1, -0.05) is 94.0 Å². The molecule has 0 aliphatic rings. The highest BCUT2D eigenvalue weighted by Crippen LogP contribution is 2.37. The highest BCUT2D eigenvalue weighted by molar-refractivity contribution is 7.33. The van der Waals surface area contributed by atoms with Gasteiger partial charge in [0, 0.05) is 26.8 Å². The van der Waals surface area contributed by atoms with E-state index in [2.05, 4.69) is 10.6 Å². The first-order valence-corrected chi connectivity index (χ1v) is 14.8. The Hall–Kier alpha value is -5.62. The molecule has 0 aliphatic carbocycles. The van der Waals surface area contributed by atoms with Crippen LogP contribution in [0, 0.1) is 0 Å². The quantitative estimate of drug-likeness (QED) is 0.106. The van der Waals surface area contributed by atoms with Crippen molar-refractivity contribution < 1.29 is 42.3 Å². The molecule has 4 rings (SSSR count). The summed E-state index contributed by atoms with van der Waals surface area (Å²) in [5.74, 6) is -1.35. The normalized spacial score (nSPS) is 12.2. The average Bonchev–Trinajstić information content (AvgIpc) is 3.07. The minimum Gasteiger partial charge on any atom is -0.445 e. The average molecular weight is 646 g/mol. The number of hydrogen-bond donors (Lipinski definition) is 4. The van der Waals surface area contributed by atoms with Crippen molar-refractivity contribution in [2.75, 3.05) is 0 Å². The van der Waals surface area contributed by atoms with E-state index in [1.165, 1.54) is 48.5 Å². The molecule has 0 heterocycles. The molecule has 0 aliphatic heterocycles. The number of nitrogens with one attached hydrogen (secondary N) is 2. The molecule has 0 radical (unpaired) electrons. The minimum absolute atomic E-state index is 0.0545. The van der Waals surface area contributed by atoms with Gasteiger partial charge in [0.15, 0.2) is 0 Å². The molecule has 4 aromatic carbocycles. The molecule has 236 valence electrons. The Bertz CT molecular complexity index is 1530. The number of primary amides is 2. The second-order valence-corrected chi connectivity index (χ2v) is 10.4. The summed E-state index contributed by atoms with van der Waals surface area (Å²) in [6.07, 6.45) is -4.59. The Morgan fingerprint density at radius 3 is 1.24 bits per heavy atom. The topological polar surface area (TPSA) is 198 Å². The highest BCUT2D eigenvalue weighted by atomic mass is 31.1. The third-order valence-electron chi connectivity index (χ3n) is 6.30. The van der Waals surface area contributed by atoms with E-state index in [4.69, 9.17) is 30.0 Å². The van der Waals surface area contributed by atoms with E-state index in [0.717, 1.165) is 11.1 Å². The van der Waals surface area contributed by atoms with Crippen molar-refractivity contribution in [3.05, 3.63) is 143 Å². The van der Waals surface area contributed by atoms with Crippen molar-refractivity contribution in [3.63, 3.8) is 0 Å². The Kier molecular flexibility index (Phi) is 11.9. The fourth-order valence-electron chi connectivity index (χ4n) is 3.93. The van der Waals surface area contributed by atoms with E-state index in [-0.39, 0.29) is 35.5 Å². The van der Waals surface area contributed by atoms with Crippen LogP contribution in [0.15, 0.2) is 109 Å². The van der Waals surface area contributed by atoms with Gasteiger partial charge in [-0.3, -0.25) is 20.2 Å². The summed E-state index contributed by atoms with van der Waals surface area (Å²) in [6.45, 7) is -0.109. The van der Waals surface area contributed by atoms with Crippen molar-refractivity contribution in [2.45, 2.75) is 25.7 Å². The van der Waals surface area contributed by atoms with E-state index in [0.29, 0.717) is 0 Å². The van der Waals surface area contributed by atoms with Crippen molar-refractivity contribution in [1.29, 1.82) is 0 Å². The molecule has 4 amide bonds. The minimum atomic E-state index is -3.09. The van der Waals surface area contributed by atoms with E-state index in [9.17, 15) is 23.7 Å². The maximum absolute atomic E-state index is 13.3. The summed E-state index contributed by atoms with van der Waals surface area (Å²) in [6, 6.07) is 29.2. The van der Waals surface area contributed by atoms with Crippen molar-refractivity contribution >= 4 is 32.3 Å². The lowest BCUT2D eigenvalue weighted by Crippen LogP contribution is -2.31. The Morgan fingerprint density at radius 1 is 0.565 bits per heavy atom. The first kappa shape index (κ1) is 33.3. The molecule has 0 aromatic heterocycles. The molecule has 0 saturated carbocycles. The molecule has 6 N–H and O–H groups in total. The Morgan fingerprint density at radius 2 is 0.913 bits per heavy atom. The predicted octanol–water partition coefficient (Wildman–Crippen LogP) is 5.13. The third kappa shape index (κ3) is 10.2. The number of alkyl carbamates (subject to hydrolysis) is 2. The smallest absolute Gasteiger partial charge is 0.445 e. The second kappa shape index (κ2) is 16.5. The molecule has 0 bridgehead atoms. The Balaban J connectivity index is 1.49. The van der Waals surface area contributed by atoms with Crippen LogP contribution in [0.1, 0.15) is 55.4 Å². The number of amides is 4. The lowest BCUT2D eigenvalue weighted by molar-refractivity contribution is 0.0756. The molecule has 14 heteroatoms. The van der Waals surface area contributed by atoms with Crippen LogP contribution in [0.4, 0.5) is 9.59 Å². The van der Waals surface area contributed by atoms with E-state index < -0.39 is 44.7 Å². The van der Waals surface area contributed by atoms with E-state index in [1.807, 2.05) is 12.1 Å². The number of benzene rings is 4. The largest absolute Gasteiger partial charge is 0.702 e. The van der Waals surface area contributed by atoms with E-state index in [1.54, 1.807) is 48.5 Å². The van der Waals surface area contributed by atoms with Crippen LogP contribution >= 0.6 is 8.25 Å². The number of carbonyl (C=O) groups excluding carboxylic acids is 4. The van der Waals surface area contributed by atoms with Gasteiger partial charge in [-0.15, -0.1) is 0 Å². The zero-order valence-corrected chi connectivity index (χ0v) is 25.1. The molecule has 0 spiro atoms. The van der Waals surface area contributed by atoms with Gasteiger partial charge in [-0.25, -0.2) is 9.59 Å². The van der Waals surface area contributed by atoms with Crippen LogP contribution in [-0.2, 0) is 36.3 Å². The van der Waals surface area contributed by atoms with Crippen molar-refractivity contribution in [3.8, 4) is 0 Å². The van der Waals surface area contributed by atoms with Crippen molar-refractivity contribution in [2.24, 2.45) is 11.5 Å². The van der Waals surface area contributed by atoms with Crippen LogP contribution in [0.2, 0.25) is 0 Å². The molecule has 0 saturated heterocycles. The molecule has 0 fully saturated rings.